The van der Waals surface area contributed by atoms with Crippen molar-refractivity contribution in [2.75, 3.05) is 32.1 Å². The highest BCUT2D eigenvalue weighted by atomic mass is 32.2. The summed E-state index contributed by atoms with van der Waals surface area (Å²) in [6.07, 6.45) is 9.43. The molecular weight excluding hydrogens is 767 g/mol. The highest BCUT2D eigenvalue weighted by Gasteiger charge is 2.67. The summed E-state index contributed by atoms with van der Waals surface area (Å²) >= 11 is 1.45. The van der Waals surface area contributed by atoms with Gasteiger partial charge in [0.15, 0.2) is 0 Å². The minimum atomic E-state index is -1.13. The van der Waals surface area contributed by atoms with E-state index in [2.05, 4.69) is 52.7 Å². The number of carbonyl (C=O) groups is 4. The Kier molecular flexibility index (Phi) is 13.7. The summed E-state index contributed by atoms with van der Waals surface area (Å²) in [5.41, 5.74) is 8.26. The SMILES string of the molecule is C#CCCOCCOC(=O)NC(CN=[N+]=[N-])NC(=O)C1=C(C)CSC2C(NC(=O)CCC(C)C3CCC4C5C(O)CC6(O)CC(O)CCC6(C)C5CCC34C)C(=O)N12. The number of aliphatic hydroxyl groups excluding tert-OH is 2. The Labute approximate surface area is 345 Å². The van der Waals surface area contributed by atoms with Gasteiger partial charge in [-0.15, -0.1) is 24.1 Å². The van der Waals surface area contributed by atoms with E-state index in [1.807, 2.05) is 0 Å². The van der Waals surface area contributed by atoms with Crippen molar-refractivity contribution in [2.45, 2.75) is 134 Å². The largest absolute Gasteiger partial charge is 0.447 e. The molecule has 320 valence electrons. The lowest BCUT2D eigenvalue weighted by Crippen LogP contribution is -2.71. The number of thioether (sulfide) groups is 1. The highest BCUT2D eigenvalue weighted by molar-refractivity contribution is 8.00. The van der Waals surface area contributed by atoms with Gasteiger partial charge < -0.3 is 40.7 Å². The summed E-state index contributed by atoms with van der Waals surface area (Å²) < 4.78 is 10.3. The van der Waals surface area contributed by atoms with Crippen LogP contribution in [0, 0.1) is 52.8 Å². The van der Waals surface area contributed by atoms with E-state index < -0.39 is 53.3 Å². The van der Waals surface area contributed by atoms with Crippen LogP contribution >= 0.6 is 11.8 Å². The monoisotopic (exact) mass is 827 g/mol. The lowest BCUT2D eigenvalue weighted by Gasteiger charge is -2.65. The maximum absolute atomic E-state index is 13.6. The average Bonchev–Trinajstić information content (AvgIpc) is 3.54. The van der Waals surface area contributed by atoms with Crippen molar-refractivity contribution in [3.8, 4) is 12.3 Å². The van der Waals surface area contributed by atoms with E-state index in [1.165, 1.54) is 16.7 Å². The molecule has 2 heterocycles. The highest BCUT2D eigenvalue weighted by Crippen LogP contribution is 2.69. The Morgan fingerprint density at radius 1 is 1.10 bits per heavy atom. The second-order valence-electron chi connectivity index (χ2n) is 18.0. The van der Waals surface area contributed by atoms with Gasteiger partial charge >= 0.3 is 6.09 Å². The smallest absolute Gasteiger partial charge is 0.408 e. The second-order valence-corrected chi connectivity index (χ2v) is 19.1. The van der Waals surface area contributed by atoms with E-state index in [4.69, 9.17) is 21.4 Å². The molecule has 13 unspecified atom stereocenters. The molecule has 5 fully saturated rings. The van der Waals surface area contributed by atoms with E-state index in [0.29, 0.717) is 61.9 Å². The van der Waals surface area contributed by atoms with Crippen molar-refractivity contribution in [2.24, 2.45) is 45.5 Å². The number of nitrogens with one attached hydrogen (secondary N) is 3. The number of carbonyl (C=O) groups excluding carboxylic acids is 4. The van der Waals surface area contributed by atoms with Crippen LogP contribution in [0.4, 0.5) is 4.79 Å². The van der Waals surface area contributed by atoms with E-state index in [-0.39, 0.29) is 66.4 Å². The number of hydrogen-bond acceptors (Lipinski definition) is 11. The molecule has 4 saturated carbocycles. The minimum absolute atomic E-state index is 0.00954. The molecule has 4 aliphatic carbocycles. The third-order valence-corrected chi connectivity index (χ3v) is 16.3. The first-order valence-corrected chi connectivity index (χ1v) is 21.9. The molecule has 58 heavy (non-hydrogen) atoms. The summed E-state index contributed by atoms with van der Waals surface area (Å²) in [6, 6.07) is -0.795. The maximum atomic E-state index is 13.6. The van der Waals surface area contributed by atoms with Gasteiger partial charge in [0, 0.05) is 36.3 Å². The first-order chi connectivity index (χ1) is 27.6. The Bertz CT molecular complexity index is 1720. The van der Waals surface area contributed by atoms with E-state index >= 15 is 0 Å². The first-order valence-electron chi connectivity index (χ1n) is 20.9. The number of alkyl carbamates (subject to hydrolysis) is 1. The fraction of sp³-hybridized carbons (Fsp3) is 0.805. The van der Waals surface area contributed by atoms with Crippen LogP contribution in [0.3, 0.4) is 0 Å². The Hall–Kier alpha value is -3.52. The number of fused-ring (bicyclic) bond motifs is 6. The van der Waals surface area contributed by atoms with Gasteiger partial charge in [0.2, 0.25) is 5.91 Å². The molecule has 0 spiro atoms. The molecule has 0 aromatic carbocycles. The number of β-lactam (4-membered cyclic amide) rings is 1. The normalized spacial score (nSPS) is 37.3. The molecule has 0 bridgehead atoms. The molecule has 1 saturated heterocycles. The van der Waals surface area contributed by atoms with Crippen molar-refractivity contribution in [3.05, 3.63) is 21.7 Å². The molecule has 17 heteroatoms. The Morgan fingerprint density at radius 3 is 2.62 bits per heavy atom. The zero-order valence-corrected chi connectivity index (χ0v) is 35.0. The molecule has 0 radical (unpaired) electrons. The number of nitrogens with zero attached hydrogens (tertiary/aromatic N) is 4. The number of rotatable bonds is 15. The molecule has 16 nitrogen and oxygen atoms in total. The van der Waals surface area contributed by atoms with Crippen LogP contribution in [0.2, 0.25) is 0 Å². The zero-order valence-electron chi connectivity index (χ0n) is 34.2. The van der Waals surface area contributed by atoms with E-state index in [1.54, 1.807) is 6.92 Å². The second kappa shape index (κ2) is 18.0. The molecule has 2 aliphatic heterocycles. The third-order valence-electron chi connectivity index (χ3n) is 14.8. The Morgan fingerprint density at radius 2 is 1.88 bits per heavy atom. The first kappa shape index (κ1) is 44.0. The number of azide groups is 1. The van der Waals surface area contributed by atoms with Crippen LogP contribution in [0.15, 0.2) is 16.4 Å². The van der Waals surface area contributed by atoms with Crippen molar-refractivity contribution in [3.63, 3.8) is 0 Å². The van der Waals surface area contributed by atoms with Gasteiger partial charge in [0.25, 0.3) is 11.8 Å². The molecule has 6 rings (SSSR count). The quantitative estimate of drug-likeness (QED) is 0.0266. The summed E-state index contributed by atoms with van der Waals surface area (Å²) in [6.45, 7) is 8.57. The molecule has 6 N–H and O–H groups in total. The fourth-order valence-electron chi connectivity index (χ4n) is 11.9. The summed E-state index contributed by atoms with van der Waals surface area (Å²) in [5.74, 6) is 2.85. The van der Waals surface area contributed by atoms with Gasteiger partial charge in [-0.05, 0) is 103 Å². The van der Waals surface area contributed by atoms with Gasteiger partial charge in [-0.3, -0.25) is 19.3 Å². The van der Waals surface area contributed by atoms with Gasteiger partial charge in [-0.1, -0.05) is 25.9 Å². The third kappa shape index (κ3) is 8.43. The summed E-state index contributed by atoms with van der Waals surface area (Å²) in [5, 5.41) is 44.8. The van der Waals surface area contributed by atoms with Gasteiger partial charge in [-0.25, -0.2) is 4.79 Å². The standard InChI is InChI=1S/C41H61N7O9S/c1-6-7-16-56-17-18-57-38(54)45-30(21-43-47-42)44-35(52)34-24(3)22-58-37-33(36(53)48(34)37)46-31(51)11-8-23(2)26-9-10-27-32-28(13-14-39(26,27)4)40(5)15-12-25(49)19-41(40,55)20-29(32)50/h1,23,25-30,32-33,37,49-50,55H,7-22H2,2-5H3,(H,44,52)(H,45,54)(H,46,51). The van der Waals surface area contributed by atoms with E-state index in [0.717, 1.165) is 32.1 Å². The van der Waals surface area contributed by atoms with E-state index in [9.17, 15) is 34.5 Å². The number of aliphatic hydroxyl groups is 3. The number of terminal acetylenes is 1. The van der Waals surface area contributed by atoms with Crippen LogP contribution in [-0.4, -0.2) is 112 Å². The minimum Gasteiger partial charge on any atom is -0.447 e. The number of ether oxygens (including phenoxy) is 2. The van der Waals surface area contributed by atoms with Crippen LogP contribution < -0.4 is 16.0 Å². The molecule has 13 atom stereocenters. The molecule has 6 aliphatic rings. The lowest BCUT2D eigenvalue weighted by molar-refractivity contribution is -0.249. The Balaban J connectivity index is 1.00. The van der Waals surface area contributed by atoms with Crippen LogP contribution in [-0.2, 0) is 23.9 Å². The molecule has 0 aromatic rings. The number of hydrogen-bond donors (Lipinski definition) is 6. The van der Waals surface area contributed by atoms with Crippen LogP contribution in [0.25, 0.3) is 10.4 Å². The average molecular weight is 828 g/mol. The summed E-state index contributed by atoms with van der Waals surface area (Å²) in [7, 11) is 0. The predicted molar refractivity (Wildman–Crippen MR) is 215 cm³/mol. The van der Waals surface area contributed by atoms with Gasteiger partial charge in [0.05, 0.1) is 37.6 Å². The lowest BCUT2D eigenvalue weighted by atomic mass is 9.42. The van der Waals surface area contributed by atoms with Gasteiger partial charge in [-0.2, -0.15) is 0 Å². The topological polar surface area (TPSA) is 236 Å². The van der Waals surface area contributed by atoms with Gasteiger partial charge in [0.1, 0.15) is 29.9 Å². The van der Waals surface area contributed by atoms with Crippen LogP contribution in [0.1, 0.15) is 98.3 Å². The summed E-state index contributed by atoms with van der Waals surface area (Å²) in [4.78, 5) is 57.0. The predicted octanol–water partition coefficient (Wildman–Crippen LogP) is 3.70. The van der Waals surface area contributed by atoms with Crippen molar-refractivity contribution >= 4 is 35.6 Å². The van der Waals surface area contributed by atoms with Crippen LogP contribution in [0.5, 0.6) is 0 Å². The molecular formula is C41H61N7O9S. The number of amides is 4. The van der Waals surface area contributed by atoms with Crippen molar-refractivity contribution in [1.82, 2.24) is 20.9 Å². The fourth-order valence-corrected chi connectivity index (χ4v) is 13.2. The van der Waals surface area contributed by atoms with Crippen molar-refractivity contribution < 1.29 is 44.0 Å². The van der Waals surface area contributed by atoms with Crippen molar-refractivity contribution in [1.29, 1.82) is 0 Å². The molecule has 0 aromatic heterocycles. The molecule has 4 amide bonds. The maximum Gasteiger partial charge on any atom is 0.408 e. The zero-order chi connectivity index (χ0) is 42.0.